The minimum atomic E-state index is -0.427. The maximum Gasteiger partial charge on any atom is 0.273 e. The zero-order valence-electron chi connectivity index (χ0n) is 9.10. The van der Waals surface area contributed by atoms with Crippen LogP contribution in [0.4, 0.5) is 5.69 Å². The number of hydrogen-bond acceptors (Lipinski definition) is 4. The number of ether oxygens (including phenoxy) is 2. The molecule has 0 amide bonds. The lowest BCUT2D eigenvalue weighted by atomic mass is 10.1. The van der Waals surface area contributed by atoms with Gasteiger partial charge in [-0.3, -0.25) is 10.1 Å². The number of rotatable bonds is 3. The number of halogens is 1. The minimum absolute atomic E-state index is 0.0373. The Morgan fingerprint density at radius 1 is 1.41 bits per heavy atom. The van der Waals surface area contributed by atoms with Crippen LogP contribution in [0.1, 0.15) is 12.8 Å². The van der Waals surface area contributed by atoms with Crippen LogP contribution in [0.2, 0.25) is 0 Å². The number of nitro benzene ring substituents is 1. The molecule has 2 rings (SSSR count). The first-order valence-corrected chi connectivity index (χ1v) is 6.14. The second kappa shape index (κ2) is 5.46. The van der Waals surface area contributed by atoms with Gasteiger partial charge in [-0.1, -0.05) is 0 Å². The number of non-ortho nitro benzene ring substituents is 1. The minimum Gasteiger partial charge on any atom is -0.489 e. The Bertz CT molecular complexity index is 418. The van der Waals surface area contributed by atoms with Gasteiger partial charge in [0, 0.05) is 18.9 Å². The van der Waals surface area contributed by atoms with E-state index >= 15 is 0 Å². The highest BCUT2D eigenvalue weighted by atomic mass is 79.9. The van der Waals surface area contributed by atoms with Crippen molar-refractivity contribution in [1.82, 2.24) is 0 Å². The van der Waals surface area contributed by atoms with E-state index in [0.717, 1.165) is 17.3 Å². The zero-order chi connectivity index (χ0) is 12.3. The molecule has 1 aromatic rings. The monoisotopic (exact) mass is 301 g/mol. The van der Waals surface area contributed by atoms with Gasteiger partial charge in [-0.25, -0.2) is 0 Å². The first-order valence-electron chi connectivity index (χ1n) is 5.35. The topological polar surface area (TPSA) is 61.6 Å². The molecule has 1 aliphatic rings. The highest BCUT2D eigenvalue weighted by molar-refractivity contribution is 9.10. The van der Waals surface area contributed by atoms with Crippen molar-refractivity contribution >= 4 is 21.6 Å². The molecular weight excluding hydrogens is 290 g/mol. The molecule has 0 bridgehead atoms. The van der Waals surface area contributed by atoms with Crippen molar-refractivity contribution in [3.63, 3.8) is 0 Å². The maximum atomic E-state index is 10.7. The molecule has 0 aromatic heterocycles. The molecule has 5 nitrogen and oxygen atoms in total. The summed E-state index contributed by atoms with van der Waals surface area (Å²) in [5, 5.41) is 10.7. The van der Waals surface area contributed by atoms with Gasteiger partial charge in [0.15, 0.2) is 0 Å². The molecule has 0 saturated carbocycles. The Balaban J connectivity index is 2.13. The molecule has 0 radical (unpaired) electrons. The molecule has 0 N–H and O–H groups in total. The number of hydrogen-bond donors (Lipinski definition) is 0. The van der Waals surface area contributed by atoms with Crippen molar-refractivity contribution in [1.29, 1.82) is 0 Å². The quantitative estimate of drug-likeness (QED) is 0.636. The van der Waals surface area contributed by atoms with Crippen molar-refractivity contribution < 1.29 is 14.4 Å². The summed E-state index contributed by atoms with van der Waals surface area (Å²) in [6.45, 7) is 1.36. The molecule has 6 heteroatoms. The summed E-state index contributed by atoms with van der Waals surface area (Å²) in [5.74, 6) is 0.520. The smallest absolute Gasteiger partial charge is 0.273 e. The van der Waals surface area contributed by atoms with Gasteiger partial charge in [0.25, 0.3) is 5.69 Å². The second-order valence-electron chi connectivity index (χ2n) is 3.80. The number of nitrogens with zero attached hydrogens (tertiary/aromatic N) is 1. The second-order valence-corrected chi connectivity index (χ2v) is 4.66. The molecule has 0 atom stereocenters. The summed E-state index contributed by atoms with van der Waals surface area (Å²) in [4.78, 5) is 10.2. The lowest BCUT2D eigenvalue weighted by Gasteiger charge is -2.23. The molecule has 0 spiro atoms. The van der Waals surface area contributed by atoms with E-state index in [1.54, 1.807) is 6.07 Å². The molecule has 1 aliphatic heterocycles. The lowest BCUT2D eigenvalue weighted by molar-refractivity contribution is -0.385. The van der Waals surface area contributed by atoms with Crippen LogP contribution in [0, 0.1) is 10.1 Å². The largest absolute Gasteiger partial charge is 0.489 e. The molecule has 1 aromatic carbocycles. The predicted octanol–water partition coefficient (Wildman–Crippen LogP) is 2.92. The van der Waals surface area contributed by atoms with E-state index in [0.29, 0.717) is 19.0 Å². The average Bonchev–Trinajstić information content (AvgIpc) is 2.33. The molecule has 1 saturated heterocycles. The van der Waals surface area contributed by atoms with Gasteiger partial charge in [-0.05, 0) is 22.0 Å². The van der Waals surface area contributed by atoms with Gasteiger partial charge in [-0.2, -0.15) is 0 Å². The molecular formula is C11H12BrNO4. The van der Waals surface area contributed by atoms with Crippen molar-refractivity contribution in [2.45, 2.75) is 18.9 Å². The van der Waals surface area contributed by atoms with E-state index in [1.165, 1.54) is 12.1 Å². The molecule has 1 heterocycles. The Morgan fingerprint density at radius 2 is 2.12 bits per heavy atom. The highest BCUT2D eigenvalue weighted by Gasteiger charge is 2.18. The fraction of sp³-hybridized carbons (Fsp3) is 0.455. The highest BCUT2D eigenvalue weighted by Crippen LogP contribution is 2.31. The van der Waals surface area contributed by atoms with Crippen LogP contribution in [0.5, 0.6) is 5.75 Å². The normalized spacial score (nSPS) is 16.8. The molecule has 17 heavy (non-hydrogen) atoms. The third-order valence-electron chi connectivity index (χ3n) is 2.59. The standard InChI is InChI=1S/C11H12BrNO4/c12-10-2-1-8(13(14)15)7-11(10)17-9-3-5-16-6-4-9/h1-2,7,9H,3-6H2. The van der Waals surface area contributed by atoms with Crippen molar-refractivity contribution in [3.05, 3.63) is 32.8 Å². The van der Waals surface area contributed by atoms with Crippen LogP contribution in [-0.2, 0) is 4.74 Å². The first-order chi connectivity index (χ1) is 8.16. The van der Waals surface area contributed by atoms with Gasteiger partial charge < -0.3 is 9.47 Å². The van der Waals surface area contributed by atoms with Gasteiger partial charge >= 0.3 is 0 Å². The van der Waals surface area contributed by atoms with Gasteiger partial charge in [-0.15, -0.1) is 0 Å². The van der Waals surface area contributed by atoms with Crippen LogP contribution in [0.3, 0.4) is 0 Å². The Morgan fingerprint density at radius 3 is 2.76 bits per heavy atom. The molecule has 92 valence electrons. The Kier molecular flexibility index (Phi) is 3.96. The van der Waals surface area contributed by atoms with E-state index in [-0.39, 0.29) is 11.8 Å². The number of benzene rings is 1. The molecule has 1 fully saturated rings. The van der Waals surface area contributed by atoms with E-state index in [4.69, 9.17) is 9.47 Å². The maximum absolute atomic E-state index is 10.7. The third-order valence-corrected chi connectivity index (χ3v) is 3.24. The van der Waals surface area contributed by atoms with Crippen LogP contribution in [-0.4, -0.2) is 24.2 Å². The van der Waals surface area contributed by atoms with Crippen LogP contribution in [0.15, 0.2) is 22.7 Å². The van der Waals surface area contributed by atoms with Crippen LogP contribution >= 0.6 is 15.9 Å². The van der Waals surface area contributed by atoms with E-state index in [9.17, 15) is 10.1 Å². The summed E-state index contributed by atoms with van der Waals surface area (Å²) >= 11 is 3.33. The SMILES string of the molecule is O=[N+]([O-])c1ccc(Br)c(OC2CCOCC2)c1. The van der Waals surface area contributed by atoms with Gasteiger partial charge in [0.2, 0.25) is 0 Å². The first kappa shape index (κ1) is 12.3. The lowest BCUT2D eigenvalue weighted by Crippen LogP contribution is -2.26. The summed E-state index contributed by atoms with van der Waals surface area (Å²) in [7, 11) is 0. The van der Waals surface area contributed by atoms with Gasteiger partial charge in [0.05, 0.1) is 28.7 Å². The van der Waals surface area contributed by atoms with Crippen LogP contribution in [0.25, 0.3) is 0 Å². The number of nitro groups is 1. The van der Waals surface area contributed by atoms with E-state index < -0.39 is 4.92 Å². The summed E-state index contributed by atoms with van der Waals surface area (Å²) in [6, 6.07) is 4.52. The summed E-state index contributed by atoms with van der Waals surface area (Å²) in [5.41, 5.74) is 0.0373. The summed E-state index contributed by atoms with van der Waals surface area (Å²) in [6.07, 6.45) is 1.70. The Hall–Kier alpha value is -1.14. The van der Waals surface area contributed by atoms with E-state index in [2.05, 4.69) is 15.9 Å². The third kappa shape index (κ3) is 3.17. The van der Waals surface area contributed by atoms with Crippen molar-refractivity contribution in [2.24, 2.45) is 0 Å². The molecule has 0 unspecified atom stereocenters. The zero-order valence-corrected chi connectivity index (χ0v) is 10.7. The fourth-order valence-electron chi connectivity index (χ4n) is 1.67. The van der Waals surface area contributed by atoms with Crippen molar-refractivity contribution in [3.8, 4) is 5.75 Å². The average molecular weight is 302 g/mol. The fourth-order valence-corrected chi connectivity index (χ4v) is 2.01. The summed E-state index contributed by atoms with van der Waals surface area (Å²) < 4.78 is 11.7. The van der Waals surface area contributed by atoms with E-state index in [1.807, 2.05) is 0 Å². The predicted molar refractivity (Wildman–Crippen MR) is 65.3 cm³/mol. The molecule has 0 aliphatic carbocycles. The van der Waals surface area contributed by atoms with Gasteiger partial charge in [0.1, 0.15) is 11.9 Å². The Labute approximate surface area is 107 Å². The van der Waals surface area contributed by atoms with Crippen LogP contribution < -0.4 is 4.74 Å². The van der Waals surface area contributed by atoms with Crippen molar-refractivity contribution in [2.75, 3.05) is 13.2 Å².